The number of esters is 1. The zero-order valence-electron chi connectivity index (χ0n) is 23.0. The highest BCUT2D eigenvalue weighted by molar-refractivity contribution is 7.52. The summed E-state index contributed by atoms with van der Waals surface area (Å²) in [6.07, 6.45) is -0.972. The first-order valence-electron chi connectivity index (χ1n) is 13.0. The Morgan fingerprint density at radius 1 is 1.30 bits per heavy atom. The molecule has 1 aromatic carbocycles. The highest BCUT2D eigenvalue weighted by Gasteiger charge is 2.64. The van der Waals surface area contributed by atoms with E-state index >= 15 is 4.39 Å². The monoisotopic (exact) mass is 584 g/mol. The van der Waals surface area contributed by atoms with Crippen molar-refractivity contribution in [2.45, 2.75) is 82.8 Å². The van der Waals surface area contributed by atoms with Gasteiger partial charge in [0.25, 0.3) is 5.91 Å². The first-order valence-corrected chi connectivity index (χ1v) is 14.6. The molecule has 2 heterocycles. The van der Waals surface area contributed by atoms with Crippen LogP contribution in [0.15, 0.2) is 55.0 Å². The molecule has 1 amide bonds. The van der Waals surface area contributed by atoms with Gasteiger partial charge in [0, 0.05) is 24.7 Å². The molecule has 2 unspecified atom stereocenters. The molecule has 3 rings (SSSR count). The summed E-state index contributed by atoms with van der Waals surface area (Å²) in [7, 11) is -4.31. The maximum Gasteiger partial charge on any atom is 0.459 e. The van der Waals surface area contributed by atoms with Crippen molar-refractivity contribution in [3.63, 3.8) is 0 Å². The number of rotatable bonds is 13. The van der Waals surface area contributed by atoms with Crippen LogP contribution in [0.4, 0.5) is 4.39 Å². The number of hydrogen-bond acceptors (Lipinski definition) is 10. The van der Waals surface area contributed by atoms with E-state index in [1.54, 1.807) is 45.9 Å². The van der Waals surface area contributed by atoms with E-state index in [9.17, 15) is 24.4 Å². The molecule has 1 aromatic rings. The fraction of sp³-hybridized carbons (Fsp3) is 0.538. The third-order valence-electron chi connectivity index (χ3n) is 6.51. The summed E-state index contributed by atoms with van der Waals surface area (Å²) < 4.78 is 46.4. The number of aliphatic hydroxyl groups excluding tert-OH is 1. The van der Waals surface area contributed by atoms with E-state index in [0.29, 0.717) is 0 Å². The molecule has 6 atom stereocenters. The first-order chi connectivity index (χ1) is 18.7. The van der Waals surface area contributed by atoms with Crippen LogP contribution in [0.3, 0.4) is 0 Å². The van der Waals surface area contributed by atoms with E-state index in [-0.39, 0.29) is 36.9 Å². The van der Waals surface area contributed by atoms with Gasteiger partial charge >= 0.3 is 13.7 Å². The lowest BCUT2D eigenvalue weighted by Crippen LogP contribution is -2.57. The van der Waals surface area contributed by atoms with Crippen LogP contribution >= 0.6 is 7.75 Å². The maximum absolute atomic E-state index is 16.3. The van der Waals surface area contributed by atoms with Gasteiger partial charge in [-0.15, -0.1) is 0 Å². The second-order valence-corrected chi connectivity index (χ2v) is 11.8. The second kappa shape index (κ2) is 12.8. The molecule has 1 fully saturated rings. The van der Waals surface area contributed by atoms with Crippen molar-refractivity contribution >= 4 is 19.6 Å². The Morgan fingerprint density at radius 2 is 1.98 bits per heavy atom. The van der Waals surface area contributed by atoms with Gasteiger partial charge in [0.15, 0.2) is 0 Å². The van der Waals surface area contributed by atoms with Crippen molar-refractivity contribution < 1.29 is 42.5 Å². The minimum Gasteiger partial charge on any atom is -0.463 e. The lowest BCUT2D eigenvalue weighted by Gasteiger charge is -2.39. The molecule has 2 aliphatic heterocycles. The normalized spacial score (nSPS) is 28.8. The number of carbonyl (C=O) groups is 2. The Balaban J connectivity index is 1.79. The second-order valence-electron chi connectivity index (χ2n) is 10.1. The lowest BCUT2D eigenvalue weighted by molar-refractivity contribution is -0.147. The van der Waals surface area contributed by atoms with Gasteiger partial charge in [0.1, 0.15) is 36.0 Å². The van der Waals surface area contributed by atoms with Gasteiger partial charge in [-0.2, -0.15) is 0 Å². The van der Waals surface area contributed by atoms with Crippen LogP contribution in [0.25, 0.3) is 0 Å². The molecule has 0 spiro atoms. The van der Waals surface area contributed by atoms with Gasteiger partial charge in [-0.1, -0.05) is 31.7 Å². The summed E-state index contributed by atoms with van der Waals surface area (Å²) in [5.74, 6) is -3.46. The number of amides is 1. The van der Waals surface area contributed by atoms with Gasteiger partial charge < -0.3 is 29.7 Å². The summed E-state index contributed by atoms with van der Waals surface area (Å²) in [5, 5.41) is 29.9. The predicted molar refractivity (Wildman–Crippen MR) is 144 cm³/mol. The number of nitrogens with one attached hydrogen (secondary N) is 3. The number of aliphatic hydroxyl groups is 2. The molecule has 0 bridgehead atoms. The summed E-state index contributed by atoms with van der Waals surface area (Å²) in [6.45, 7) is 9.38. The molecule has 2 aliphatic rings. The smallest absolute Gasteiger partial charge is 0.459 e. The van der Waals surface area contributed by atoms with Crippen LogP contribution in [-0.2, 0) is 23.4 Å². The molecular formula is C26H38FN4O8P. The number of ether oxygens (including phenoxy) is 1. The zero-order valence-corrected chi connectivity index (χ0v) is 23.9. The van der Waals surface area contributed by atoms with E-state index in [4.69, 9.17) is 13.8 Å². The predicted octanol–water partition coefficient (Wildman–Crippen LogP) is 2.41. The van der Waals surface area contributed by atoms with E-state index in [1.807, 2.05) is 0 Å². The lowest BCUT2D eigenvalue weighted by atomic mass is 9.90. The zero-order chi connectivity index (χ0) is 29.7. The topological polar surface area (TPSA) is 159 Å². The van der Waals surface area contributed by atoms with Crippen LogP contribution in [0.1, 0.15) is 47.0 Å². The molecule has 0 saturated carbocycles. The van der Waals surface area contributed by atoms with Gasteiger partial charge in [-0.25, -0.2) is 14.0 Å². The largest absolute Gasteiger partial charge is 0.463 e. The fourth-order valence-electron chi connectivity index (χ4n) is 4.40. The number of benzene rings is 1. The molecule has 0 aliphatic carbocycles. The van der Waals surface area contributed by atoms with Crippen LogP contribution in [-0.4, -0.2) is 69.4 Å². The van der Waals surface area contributed by atoms with Crippen molar-refractivity contribution in [3.05, 3.63) is 55.0 Å². The van der Waals surface area contributed by atoms with Crippen molar-refractivity contribution in [1.82, 2.24) is 20.6 Å². The van der Waals surface area contributed by atoms with Crippen LogP contribution in [0.5, 0.6) is 5.75 Å². The third kappa shape index (κ3) is 7.48. The summed E-state index contributed by atoms with van der Waals surface area (Å²) in [6, 6.07) is 7.50. The van der Waals surface area contributed by atoms with Crippen molar-refractivity contribution in [3.8, 4) is 5.75 Å². The van der Waals surface area contributed by atoms with E-state index in [0.717, 1.165) is 6.08 Å². The number of alkyl halides is 1. The Morgan fingerprint density at radius 3 is 2.58 bits per heavy atom. The standard InChI is InChI=1S/C26H38FN4O8P/c1-6-25(35)23(34)26(27,29-24(25)31-15-14-21(32)28-19(31)5)16-37-40(36,39-20-10-8-7-9-11-20)30-18(4)12-13-22(33)38-17(2)3/h7-11,14-15,17-18,23-24,29,34-35H,5-6,12-13,16H2,1-4H3,(H,28,32)(H,30,36)/t18?,23-,24-,25+,26+,40?/m0/s1. The maximum atomic E-state index is 16.3. The van der Waals surface area contributed by atoms with Crippen LogP contribution < -0.4 is 20.2 Å². The molecule has 0 radical (unpaired) electrons. The van der Waals surface area contributed by atoms with Crippen LogP contribution in [0.2, 0.25) is 0 Å². The SMILES string of the molecule is C=C1NC(=O)C=CN1[C@@H]1N[C@](F)(COP(=O)(NC(C)CCC(=O)OC(C)C)Oc2ccccc2)[C@@H](O)[C@]1(O)CC. The van der Waals surface area contributed by atoms with E-state index in [2.05, 4.69) is 22.3 Å². The van der Waals surface area contributed by atoms with Gasteiger partial charge in [0.2, 0.25) is 5.79 Å². The number of nitrogens with zero attached hydrogens (tertiary/aromatic N) is 1. The summed E-state index contributed by atoms with van der Waals surface area (Å²) in [4.78, 5) is 24.9. The summed E-state index contributed by atoms with van der Waals surface area (Å²) >= 11 is 0. The Kier molecular flexibility index (Phi) is 10.2. The fourth-order valence-corrected chi connectivity index (χ4v) is 6.01. The minimum atomic E-state index is -4.31. The minimum absolute atomic E-state index is 0.0278. The Bertz CT molecular complexity index is 1150. The van der Waals surface area contributed by atoms with Crippen molar-refractivity contribution in [1.29, 1.82) is 0 Å². The quantitative estimate of drug-likeness (QED) is 0.132. The Labute approximate surface area is 233 Å². The Hall–Kier alpha value is -2.80. The van der Waals surface area contributed by atoms with Gasteiger partial charge in [0.05, 0.1) is 6.10 Å². The highest BCUT2D eigenvalue weighted by atomic mass is 31.2. The number of para-hydroxylation sites is 1. The van der Waals surface area contributed by atoms with Crippen molar-refractivity contribution in [2.24, 2.45) is 0 Å². The molecule has 0 aromatic heterocycles. The molecule has 5 N–H and O–H groups in total. The summed E-state index contributed by atoms with van der Waals surface area (Å²) in [5.41, 5.74) is -2.06. The van der Waals surface area contributed by atoms with Gasteiger partial charge in [-0.05, 0) is 45.7 Å². The van der Waals surface area contributed by atoms with E-state index < -0.39 is 55.9 Å². The average molecular weight is 585 g/mol. The molecule has 14 heteroatoms. The molecule has 222 valence electrons. The van der Waals surface area contributed by atoms with Gasteiger partial charge in [-0.3, -0.25) is 19.4 Å². The number of hydrogen-bond donors (Lipinski definition) is 5. The van der Waals surface area contributed by atoms with Crippen molar-refractivity contribution in [2.75, 3.05) is 6.61 Å². The first kappa shape index (κ1) is 31.7. The molecule has 12 nitrogen and oxygen atoms in total. The van der Waals surface area contributed by atoms with E-state index in [1.165, 1.54) is 23.2 Å². The molecule has 1 saturated heterocycles. The molecular weight excluding hydrogens is 546 g/mol. The van der Waals surface area contributed by atoms with Crippen LogP contribution in [0, 0.1) is 0 Å². The number of halogens is 1. The number of carbonyl (C=O) groups excluding carboxylic acids is 2. The highest BCUT2D eigenvalue weighted by Crippen LogP contribution is 2.48. The molecule has 40 heavy (non-hydrogen) atoms. The third-order valence-corrected chi connectivity index (χ3v) is 8.18. The average Bonchev–Trinajstić information content (AvgIpc) is 3.08.